The smallest absolute Gasteiger partial charge is 0.419 e. The standard InChI is InChI=1S/C21H22F3N6O.2BrH/c1-29-17(13-30-12-16(21(22,23)24)5-8-19(29)30)14-31-18-6-3-15(4-7-18)11-27-28-20-25-9-2-10-26-20;;/h3-8,11-13H,2,9-10,14H2,1H3,(H2,25,26,28);2*1H/q+1;;/p-1/b27-11+;;. The average molecular weight is 592 g/mol. The molecule has 0 atom stereocenters. The van der Waals surface area contributed by atoms with Crippen molar-refractivity contribution in [2.75, 3.05) is 13.1 Å². The number of ether oxygens (including phenoxy) is 1. The Labute approximate surface area is 209 Å². The van der Waals surface area contributed by atoms with Crippen LogP contribution in [0.25, 0.3) is 5.65 Å². The molecule has 0 unspecified atom stereocenters. The van der Waals surface area contributed by atoms with E-state index in [1.807, 2.05) is 24.3 Å². The fourth-order valence-electron chi connectivity index (χ4n) is 3.18. The minimum atomic E-state index is -4.38. The van der Waals surface area contributed by atoms with Crippen molar-refractivity contribution < 1.29 is 39.3 Å². The lowest BCUT2D eigenvalue weighted by Gasteiger charge is -2.12. The number of aromatic nitrogens is 2. The van der Waals surface area contributed by atoms with Gasteiger partial charge in [-0.25, -0.2) is 14.4 Å². The first-order valence-corrected chi connectivity index (χ1v) is 9.77. The minimum absolute atomic E-state index is 0. The van der Waals surface area contributed by atoms with Crippen molar-refractivity contribution in [3.05, 3.63) is 65.6 Å². The SMILES string of the molecule is Br.Cn1c(COc2ccc(/C=N/NC3=NCCCN3)cc2)c[n+]2cc(C(F)(F)F)ccc12.[Br-]. The van der Waals surface area contributed by atoms with Gasteiger partial charge in [-0.1, -0.05) is 0 Å². The first-order chi connectivity index (χ1) is 14.9. The average Bonchev–Trinajstić information content (AvgIpc) is 3.08. The number of nitrogens with one attached hydrogen (secondary N) is 2. The Kier molecular flexibility index (Phi) is 9.29. The van der Waals surface area contributed by atoms with Crippen LogP contribution in [0, 0.1) is 0 Å². The zero-order valence-corrected chi connectivity index (χ0v) is 20.9. The molecule has 1 aliphatic heterocycles. The second-order valence-corrected chi connectivity index (χ2v) is 7.10. The number of halogens is 5. The lowest BCUT2D eigenvalue weighted by molar-refractivity contribution is -0.512. The molecule has 0 spiro atoms. The third-order valence-electron chi connectivity index (χ3n) is 4.89. The van der Waals surface area contributed by atoms with Crippen LogP contribution in [0.4, 0.5) is 13.2 Å². The molecule has 3 aromatic rings. The van der Waals surface area contributed by atoms with E-state index in [9.17, 15) is 13.2 Å². The van der Waals surface area contributed by atoms with Gasteiger partial charge in [0.2, 0.25) is 5.96 Å². The van der Waals surface area contributed by atoms with Crippen molar-refractivity contribution in [1.82, 2.24) is 15.3 Å². The topological polar surface area (TPSA) is 67.0 Å². The summed E-state index contributed by atoms with van der Waals surface area (Å²) in [5, 5.41) is 7.27. The summed E-state index contributed by atoms with van der Waals surface area (Å²) in [4.78, 5) is 4.27. The zero-order chi connectivity index (χ0) is 21.8. The van der Waals surface area contributed by atoms with Crippen molar-refractivity contribution in [3.8, 4) is 5.75 Å². The Bertz CT molecular complexity index is 1130. The number of fused-ring (bicyclic) bond motifs is 1. The molecular formula is C21H23Br2F3N6O. The highest BCUT2D eigenvalue weighted by molar-refractivity contribution is 8.93. The molecule has 3 heterocycles. The molecule has 178 valence electrons. The highest BCUT2D eigenvalue weighted by atomic mass is 79.9. The second kappa shape index (κ2) is 11.5. The first-order valence-electron chi connectivity index (χ1n) is 9.77. The summed E-state index contributed by atoms with van der Waals surface area (Å²) >= 11 is 0. The predicted molar refractivity (Wildman–Crippen MR) is 120 cm³/mol. The van der Waals surface area contributed by atoms with Gasteiger partial charge in [0.15, 0.2) is 12.3 Å². The maximum atomic E-state index is 12.9. The molecular weight excluding hydrogens is 569 g/mol. The van der Waals surface area contributed by atoms with E-state index >= 15 is 0 Å². The fraction of sp³-hybridized carbons (Fsp3) is 0.286. The molecule has 0 amide bonds. The molecule has 0 fully saturated rings. The van der Waals surface area contributed by atoms with Gasteiger partial charge in [0.25, 0.3) is 5.65 Å². The van der Waals surface area contributed by atoms with E-state index in [0.717, 1.165) is 43.0 Å². The van der Waals surface area contributed by atoms with Gasteiger partial charge in [-0.3, -0.25) is 4.99 Å². The Morgan fingerprint density at radius 1 is 1.21 bits per heavy atom. The predicted octanol–water partition coefficient (Wildman–Crippen LogP) is 0.216. The van der Waals surface area contributed by atoms with E-state index in [0.29, 0.717) is 17.4 Å². The Hall–Kier alpha value is -2.60. The number of hydrazone groups is 1. The number of aliphatic imine (C=N–C) groups is 1. The van der Waals surface area contributed by atoms with Gasteiger partial charge < -0.3 is 27.0 Å². The third kappa shape index (κ3) is 6.70. The van der Waals surface area contributed by atoms with Gasteiger partial charge >= 0.3 is 6.18 Å². The summed E-state index contributed by atoms with van der Waals surface area (Å²) in [5.74, 6) is 1.31. The second-order valence-electron chi connectivity index (χ2n) is 7.10. The van der Waals surface area contributed by atoms with Gasteiger partial charge in [0.05, 0.1) is 18.8 Å². The number of pyridine rings is 1. The number of hydrogen-bond acceptors (Lipinski definition) is 5. The van der Waals surface area contributed by atoms with Crippen molar-refractivity contribution in [2.45, 2.75) is 19.2 Å². The van der Waals surface area contributed by atoms with E-state index in [2.05, 4.69) is 20.8 Å². The number of hydrogen-bond donors (Lipinski definition) is 2. The molecule has 2 aromatic heterocycles. The largest absolute Gasteiger partial charge is 1.00 e. The molecule has 0 bridgehead atoms. The van der Waals surface area contributed by atoms with Gasteiger partial charge in [-0.05, 0) is 42.3 Å². The van der Waals surface area contributed by atoms with Crippen LogP contribution in [0.3, 0.4) is 0 Å². The number of aryl methyl sites for hydroxylation is 1. The van der Waals surface area contributed by atoms with Crippen molar-refractivity contribution in [2.24, 2.45) is 17.1 Å². The van der Waals surface area contributed by atoms with Crippen molar-refractivity contribution >= 4 is 34.8 Å². The van der Waals surface area contributed by atoms with Crippen LogP contribution < -0.4 is 36.9 Å². The fourth-order valence-corrected chi connectivity index (χ4v) is 3.18. The number of imidazole rings is 1. The first kappa shape index (κ1) is 26.7. The summed E-state index contributed by atoms with van der Waals surface area (Å²) in [6, 6.07) is 9.88. The molecule has 1 aliphatic rings. The summed E-state index contributed by atoms with van der Waals surface area (Å²) in [5.41, 5.74) is 4.44. The summed E-state index contributed by atoms with van der Waals surface area (Å²) < 4.78 is 47.9. The van der Waals surface area contributed by atoms with Crippen molar-refractivity contribution in [3.63, 3.8) is 0 Å². The molecule has 0 saturated carbocycles. The molecule has 0 radical (unpaired) electrons. The molecule has 1 aromatic carbocycles. The van der Waals surface area contributed by atoms with Gasteiger partial charge in [-0.15, -0.1) is 17.0 Å². The number of guanidine groups is 1. The monoisotopic (exact) mass is 590 g/mol. The van der Waals surface area contributed by atoms with Crippen LogP contribution in [0.15, 0.2) is 58.9 Å². The van der Waals surface area contributed by atoms with Gasteiger partial charge in [0.1, 0.15) is 18.1 Å². The zero-order valence-electron chi connectivity index (χ0n) is 17.6. The Balaban J connectivity index is 0.00000193. The normalized spacial score (nSPS) is 13.6. The molecule has 4 rings (SSSR count). The Morgan fingerprint density at radius 3 is 2.64 bits per heavy atom. The molecule has 7 nitrogen and oxygen atoms in total. The lowest BCUT2D eigenvalue weighted by atomic mass is 10.2. The van der Waals surface area contributed by atoms with Crippen LogP contribution in [0.5, 0.6) is 5.75 Å². The van der Waals surface area contributed by atoms with Gasteiger partial charge in [0, 0.05) is 19.2 Å². The summed E-state index contributed by atoms with van der Waals surface area (Å²) in [6.45, 7) is 1.89. The molecule has 0 aliphatic carbocycles. The Morgan fingerprint density at radius 2 is 1.97 bits per heavy atom. The van der Waals surface area contributed by atoms with Crippen LogP contribution >= 0.6 is 17.0 Å². The summed E-state index contributed by atoms with van der Waals surface area (Å²) in [7, 11) is 1.79. The summed E-state index contributed by atoms with van der Waals surface area (Å²) in [6.07, 6.45) is 1.03. The van der Waals surface area contributed by atoms with E-state index in [1.54, 1.807) is 24.0 Å². The maximum absolute atomic E-state index is 12.9. The van der Waals surface area contributed by atoms with E-state index in [1.165, 1.54) is 10.5 Å². The van der Waals surface area contributed by atoms with Crippen LogP contribution in [-0.4, -0.2) is 29.8 Å². The van der Waals surface area contributed by atoms with Crippen LogP contribution in [0.2, 0.25) is 0 Å². The molecule has 33 heavy (non-hydrogen) atoms. The molecule has 12 heteroatoms. The third-order valence-corrected chi connectivity index (χ3v) is 4.89. The number of alkyl halides is 3. The van der Waals surface area contributed by atoms with Crippen molar-refractivity contribution in [1.29, 1.82) is 0 Å². The number of rotatable bonds is 5. The highest BCUT2D eigenvalue weighted by Gasteiger charge is 2.32. The maximum Gasteiger partial charge on any atom is 0.419 e. The highest BCUT2D eigenvalue weighted by Crippen LogP contribution is 2.28. The molecule has 2 N–H and O–H groups in total. The van der Waals surface area contributed by atoms with E-state index in [4.69, 9.17) is 4.74 Å². The van der Waals surface area contributed by atoms with Gasteiger partial charge in [-0.2, -0.15) is 18.3 Å². The minimum Gasteiger partial charge on any atom is -1.00 e. The molecule has 0 saturated heterocycles. The number of nitrogens with zero attached hydrogens (tertiary/aromatic N) is 4. The van der Waals surface area contributed by atoms with E-state index in [-0.39, 0.29) is 40.6 Å². The van der Waals surface area contributed by atoms with E-state index < -0.39 is 11.7 Å². The van der Waals surface area contributed by atoms with Crippen LogP contribution in [-0.2, 0) is 19.8 Å². The number of benzene rings is 1. The lowest BCUT2D eigenvalue weighted by Crippen LogP contribution is -3.00. The van der Waals surface area contributed by atoms with Crippen LogP contribution in [0.1, 0.15) is 23.2 Å². The quantitative estimate of drug-likeness (QED) is 0.253.